The molecule has 0 N–H and O–H groups in total. The SMILES string of the molecule is CON=C(C#N)C([O])=O. The van der Waals surface area contributed by atoms with Gasteiger partial charge in [-0.1, -0.05) is 5.16 Å². The summed E-state index contributed by atoms with van der Waals surface area (Å²) in [5, 5.41) is 20.6. The molecule has 0 bridgehead atoms. The summed E-state index contributed by atoms with van der Waals surface area (Å²) in [6, 6.07) is 1.27. The van der Waals surface area contributed by atoms with Crippen molar-refractivity contribution >= 4 is 11.7 Å². The number of nitrogens with zero attached hydrogens (tertiary/aromatic N) is 2. The standard InChI is InChI=1S/C4H3N2O3/c1-9-6-3(2-5)4(7)8/h1H3. The summed E-state index contributed by atoms with van der Waals surface area (Å²) in [5.74, 6) is -1.64. The molecule has 9 heavy (non-hydrogen) atoms. The smallest absolute Gasteiger partial charge is 0.398 e. The van der Waals surface area contributed by atoms with Gasteiger partial charge in [0.05, 0.1) is 0 Å². The van der Waals surface area contributed by atoms with Crippen LogP contribution >= 0.6 is 0 Å². The van der Waals surface area contributed by atoms with Gasteiger partial charge in [-0.25, -0.2) is 9.90 Å². The lowest BCUT2D eigenvalue weighted by Gasteiger charge is -1.83. The Bertz CT molecular complexity index is 179. The van der Waals surface area contributed by atoms with Crippen LogP contribution in [0.1, 0.15) is 0 Å². The Kier molecular flexibility index (Phi) is 2.84. The molecule has 0 aliphatic rings. The van der Waals surface area contributed by atoms with Crippen molar-refractivity contribution in [1.29, 1.82) is 5.26 Å². The van der Waals surface area contributed by atoms with E-state index in [2.05, 4.69) is 9.99 Å². The Labute approximate surface area is 51.1 Å². The van der Waals surface area contributed by atoms with Crippen molar-refractivity contribution in [3.05, 3.63) is 0 Å². The van der Waals surface area contributed by atoms with E-state index in [4.69, 9.17) is 5.26 Å². The summed E-state index contributed by atoms with van der Waals surface area (Å²) in [6.07, 6.45) is 0. The number of nitriles is 1. The van der Waals surface area contributed by atoms with Crippen LogP contribution < -0.4 is 0 Å². The second-order valence-electron chi connectivity index (χ2n) is 1.02. The van der Waals surface area contributed by atoms with Crippen LogP contribution in [0.2, 0.25) is 0 Å². The van der Waals surface area contributed by atoms with E-state index >= 15 is 0 Å². The first-order valence-electron chi connectivity index (χ1n) is 1.95. The summed E-state index contributed by atoms with van der Waals surface area (Å²) >= 11 is 0. The van der Waals surface area contributed by atoms with Gasteiger partial charge in [-0.2, -0.15) is 5.26 Å². The highest BCUT2D eigenvalue weighted by atomic mass is 16.6. The number of carbonyl (C=O) groups is 1. The van der Waals surface area contributed by atoms with E-state index in [0.717, 1.165) is 7.11 Å². The Morgan fingerprint density at radius 2 is 2.33 bits per heavy atom. The minimum atomic E-state index is -1.64. The molecule has 0 heterocycles. The molecule has 0 aliphatic heterocycles. The predicted octanol–water partition coefficient (Wildman–Crippen LogP) is -0.531. The van der Waals surface area contributed by atoms with Gasteiger partial charge < -0.3 is 4.84 Å². The van der Waals surface area contributed by atoms with Gasteiger partial charge in [0.2, 0.25) is 0 Å². The molecule has 1 radical (unpaired) electrons. The number of hydrogen-bond acceptors (Lipinski definition) is 4. The van der Waals surface area contributed by atoms with Crippen LogP contribution in [0, 0.1) is 11.3 Å². The molecule has 5 heteroatoms. The maximum Gasteiger partial charge on any atom is 0.418 e. The van der Waals surface area contributed by atoms with Crippen molar-refractivity contribution in [2.45, 2.75) is 0 Å². The quantitative estimate of drug-likeness (QED) is 0.369. The molecular weight excluding hydrogens is 124 g/mol. The Morgan fingerprint density at radius 3 is 2.44 bits per heavy atom. The Morgan fingerprint density at radius 1 is 1.78 bits per heavy atom. The van der Waals surface area contributed by atoms with E-state index < -0.39 is 11.7 Å². The van der Waals surface area contributed by atoms with Gasteiger partial charge in [0.15, 0.2) is 0 Å². The Hall–Kier alpha value is -1.57. The first-order valence-corrected chi connectivity index (χ1v) is 1.95. The molecule has 0 saturated heterocycles. The molecule has 0 spiro atoms. The van der Waals surface area contributed by atoms with E-state index in [-0.39, 0.29) is 0 Å². The lowest BCUT2D eigenvalue weighted by molar-refractivity contribution is -0.134. The highest BCUT2D eigenvalue weighted by molar-refractivity contribution is 6.41. The second kappa shape index (κ2) is 3.43. The van der Waals surface area contributed by atoms with Crippen molar-refractivity contribution in [2.75, 3.05) is 7.11 Å². The summed E-state index contributed by atoms with van der Waals surface area (Å²) in [7, 11) is 1.14. The van der Waals surface area contributed by atoms with Crippen molar-refractivity contribution < 1.29 is 14.7 Å². The van der Waals surface area contributed by atoms with Crippen LogP contribution in [0.4, 0.5) is 0 Å². The van der Waals surface area contributed by atoms with Crippen molar-refractivity contribution in [3.8, 4) is 6.07 Å². The van der Waals surface area contributed by atoms with Gasteiger partial charge in [0.25, 0.3) is 5.71 Å². The highest BCUT2D eigenvalue weighted by Crippen LogP contribution is 1.77. The van der Waals surface area contributed by atoms with Gasteiger partial charge in [-0.3, -0.25) is 0 Å². The molecule has 0 aromatic carbocycles. The molecule has 5 nitrogen and oxygen atoms in total. The minimum Gasteiger partial charge on any atom is -0.398 e. The van der Waals surface area contributed by atoms with Crippen LogP contribution in [-0.4, -0.2) is 18.8 Å². The maximum atomic E-state index is 9.78. The zero-order valence-corrected chi connectivity index (χ0v) is 4.62. The maximum absolute atomic E-state index is 9.78. The zero-order chi connectivity index (χ0) is 7.28. The number of carbonyl (C=O) groups excluding carboxylic acids is 1. The van der Waals surface area contributed by atoms with E-state index in [0.29, 0.717) is 0 Å². The van der Waals surface area contributed by atoms with Gasteiger partial charge >= 0.3 is 5.97 Å². The summed E-state index contributed by atoms with van der Waals surface area (Å²) in [6.45, 7) is 0. The molecule has 0 rings (SSSR count). The highest BCUT2D eigenvalue weighted by Gasteiger charge is 2.09. The molecule has 0 saturated carbocycles. The summed E-state index contributed by atoms with van der Waals surface area (Å²) in [5.41, 5.74) is -0.766. The van der Waals surface area contributed by atoms with Crippen molar-refractivity contribution in [2.24, 2.45) is 5.16 Å². The third kappa shape index (κ3) is 2.29. The van der Waals surface area contributed by atoms with Crippen LogP contribution in [0.25, 0.3) is 0 Å². The van der Waals surface area contributed by atoms with Crippen LogP contribution in [0.15, 0.2) is 5.16 Å². The molecule has 0 fully saturated rings. The fraction of sp³-hybridized carbons (Fsp3) is 0.250. The minimum absolute atomic E-state index is 0.766. The molecular formula is C4H3N2O3. The number of hydrogen-bond donors (Lipinski definition) is 0. The van der Waals surface area contributed by atoms with Gasteiger partial charge in [0.1, 0.15) is 13.2 Å². The van der Waals surface area contributed by atoms with Crippen LogP contribution in [0.5, 0.6) is 0 Å². The molecule has 0 atom stereocenters. The fourth-order valence-corrected chi connectivity index (χ4v) is 0.195. The molecule has 47 valence electrons. The first-order chi connectivity index (χ1) is 4.22. The van der Waals surface area contributed by atoms with Gasteiger partial charge in [-0.05, 0) is 0 Å². The number of oxime groups is 1. The Balaban J connectivity index is 4.20. The van der Waals surface area contributed by atoms with Crippen LogP contribution in [0.3, 0.4) is 0 Å². The lowest BCUT2D eigenvalue weighted by Crippen LogP contribution is -2.08. The average Bonchev–Trinajstić information content (AvgIpc) is 1.82. The lowest BCUT2D eigenvalue weighted by atomic mass is 10.4. The third-order valence-electron chi connectivity index (χ3n) is 0.482. The van der Waals surface area contributed by atoms with E-state index in [1.807, 2.05) is 0 Å². The molecule has 0 aliphatic carbocycles. The monoisotopic (exact) mass is 127 g/mol. The molecule has 0 amide bonds. The summed E-state index contributed by atoms with van der Waals surface area (Å²) < 4.78 is 0. The molecule has 0 aromatic rings. The summed E-state index contributed by atoms with van der Waals surface area (Å²) in [4.78, 5) is 13.8. The van der Waals surface area contributed by atoms with Gasteiger partial charge in [0, 0.05) is 0 Å². The normalized spacial score (nSPS) is 10.0. The van der Waals surface area contributed by atoms with E-state index in [1.165, 1.54) is 6.07 Å². The topological polar surface area (TPSA) is 82.3 Å². The van der Waals surface area contributed by atoms with E-state index in [1.54, 1.807) is 0 Å². The predicted molar refractivity (Wildman–Crippen MR) is 25.8 cm³/mol. The van der Waals surface area contributed by atoms with E-state index in [9.17, 15) is 9.90 Å². The molecule has 0 unspecified atom stereocenters. The number of rotatable bonds is 2. The fourth-order valence-electron chi connectivity index (χ4n) is 0.195. The zero-order valence-electron chi connectivity index (χ0n) is 4.62. The largest absolute Gasteiger partial charge is 0.418 e. The van der Waals surface area contributed by atoms with Crippen molar-refractivity contribution in [1.82, 2.24) is 0 Å². The van der Waals surface area contributed by atoms with Gasteiger partial charge in [-0.15, -0.1) is 0 Å². The van der Waals surface area contributed by atoms with Crippen LogP contribution in [-0.2, 0) is 14.7 Å². The molecule has 0 aromatic heterocycles. The first kappa shape index (κ1) is 7.43. The third-order valence-corrected chi connectivity index (χ3v) is 0.482. The second-order valence-corrected chi connectivity index (χ2v) is 1.02. The average molecular weight is 127 g/mol. The van der Waals surface area contributed by atoms with Crippen molar-refractivity contribution in [3.63, 3.8) is 0 Å².